The fraction of sp³-hybridized carbons (Fsp3) is 0.261. The van der Waals surface area contributed by atoms with Crippen LogP contribution >= 0.6 is 0 Å². The quantitative estimate of drug-likeness (QED) is 0.829. The van der Waals surface area contributed by atoms with Crippen LogP contribution < -0.4 is 10.6 Å². The van der Waals surface area contributed by atoms with Gasteiger partial charge in [-0.15, -0.1) is 0 Å². The maximum Gasteiger partial charge on any atom is 0.227 e. The average Bonchev–Trinajstić information content (AvgIpc) is 3.13. The molecule has 2 aliphatic rings. The van der Waals surface area contributed by atoms with Crippen molar-refractivity contribution in [2.45, 2.75) is 25.2 Å². The Hall–Kier alpha value is -2.69. The van der Waals surface area contributed by atoms with Crippen LogP contribution in [0.2, 0.25) is 0 Å². The lowest BCUT2D eigenvalue weighted by Crippen LogP contribution is -2.49. The summed E-state index contributed by atoms with van der Waals surface area (Å²) in [7, 11) is 0. The zero-order valence-corrected chi connectivity index (χ0v) is 15.3. The molecule has 0 saturated heterocycles. The van der Waals surface area contributed by atoms with Gasteiger partial charge < -0.3 is 9.64 Å². The predicted octanol–water partition coefficient (Wildman–Crippen LogP) is 3.58. The van der Waals surface area contributed by atoms with Crippen molar-refractivity contribution in [1.29, 1.82) is 0 Å². The lowest BCUT2D eigenvalue weighted by Gasteiger charge is -2.35. The van der Waals surface area contributed by atoms with Crippen molar-refractivity contribution in [3.8, 4) is 0 Å². The zero-order chi connectivity index (χ0) is 18.7. The number of allylic oxidation sites excluding steroid dienone is 2. The number of carbonyl (C=O) groups is 1. The molecular weight excluding hydrogens is 336 g/mol. The molecule has 0 spiro atoms. The first kappa shape index (κ1) is 17.7. The van der Waals surface area contributed by atoms with E-state index >= 15 is 0 Å². The molecule has 4 nitrogen and oxygen atoms in total. The van der Waals surface area contributed by atoms with Crippen LogP contribution in [0.25, 0.3) is 0 Å². The van der Waals surface area contributed by atoms with Gasteiger partial charge in [0.1, 0.15) is 5.72 Å². The van der Waals surface area contributed by atoms with Crippen LogP contribution in [-0.2, 0) is 22.6 Å². The summed E-state index contributed by atoms with van der Waals surface area (Å²) in [5.74, 6) is -0.116. The standard InChI is InChI=1S/C23H24N2O2/c24-23(27-17-18-8-2-1-3-9-18)14-7-6-11-20(23)16-22(26)25-15-13-19-10-4-5-12-21(19)25/h1-12,14,20H,13,15-17,24H2/t20-,23?/m1/s1. The van der Waals surface area contributed by atoms with E-state index in [1.807, 2.05) is 77.7 Å². The first-order valence-corrected chi connectivity index (χ1v) is 9.37. The molecule has 0 fully saturated rings. The second-order valence-electron chi connectivity index (χ2n) is 7.11. The van der Waals surface area contributed by atoms with Crippen molar-refractivity contribution < 1.29 is 9.53 Å². The summed E-state index contributed by atoms with van der Waals surface area (Å²) in [4.78, 5) is 14.9. The van der Waals surface area contributed by atoms with Gasteiger partial charge in [-0.3, -0.25) is 10.5 Å². The van der Waals surface area contributed by atoms with E-state index in [4.69, 9.17) is 10.5 Å². The number of ether oxygens (including phenoxy) is 1. The topological polar surface area (TPSA) is 55.6 Å². The first-order valence-electron chi connectivity index (χ1n) is 9.37. The van der Waals surface area contributed by atoms with E-state index in [-0.39, 0.29) is 11.8 Å². The van der Waals surface area contributed by atoms with Crippen LogP contribution in [0, 0.1) is 5.92 Å². The van der Waals surface area contributed by atoms with Crippen LogP contribution in [0.4, 0.5) is 5.69 Å². The second kappa shape index (κ2) is 7.51. The molecule has 138 valence electrons. The van der Waals surface area contributed by atoms with Crippen LogP contribution in [0.3, 0.4) is 0 Å². The van der Waals surface area contributed by atoms with E-state index in [0.717, 1.165) is 24.2 Å². The third-order valence-corrected chi connectivity index (χ3v) is 5.31. The van der Waals surface area contributed by atoms with Crippen molar-refractivity contribution in [3.05, 3.63) is 90.0 Å². The SMILES string of the molecule is NC1(OCc2ccccc2)C=CC=C[C@@H]1CC(=O)N1CCc2ccccc21. The van der Waals surface area contributed by atoms with Gasteiger partial charge in [-0.05, 0) is 29.7 Å². The minimum absolute atomic E-state index is 0.0861. The van der Waals surface area contributed by atoms with Crippen LogP contribution in [-0.4, -0.2) is 18.2 Å². The molecule has 1 unspecified atom stereocenters. The molecule has 27 heavy (non-hydrogen) atoms. The van der Waals surface area contributed by atoms with E-state index in [0.29, 0.717) is 13.0 Å². The Labute approximate surface area is 159 Å². The first-order chi connectivity index (χ1) is 13.2. The Morgan fingerprint density at radius 2 is 1.89 bits per heavy atom. The van der Waals surface area contributed by atoms with Gasteiger partial charge in [0, 0.05) is 24.6 Å². The molecule has 1 aliphatic carbocycles. The van der Waals surface area contributed by atoms with E-state index in [2.05, 4.69) is 6.07 Å². The van der Waals surface area contributed by atoms with Crippen LogP contribution in [0.5, 0.6) is 0 Å². The van der Waals surface area contributed by atoms with Gasteiger partial charge >= 0.3 is 0 Å². The largest absolute Gasteiger partial charge is 0.352 e. The van der Waals surface area contributed by atoms with Gasteiger partial charge in [0.2, 0.25) is 5.91 Å². The van der Waals surface area contributed by atoms with Gasteiger partial charge in [-0.1, -0.05) is 66.8 Å². The number of hydrogen-bond donors (Lipinski definition) is 1. The van der Waals surface area contributed by atoms with E-state index in [1.54, 1.807) is 0 Å². The highest BCUT2D eigenvalue weighted by atomic mass is 16.5. The summed E-state index contributed by atoms with van der Waals surface area (Å²) in [5.41, 5.74) is 8.88. The molecule has 0 radical (unpaired) electrons. The summed E-state index contributed by atoms with van der Waals surface area (Å²) in [6.45, 7) is 1.14. The third kappa shape index (κ3) is 3.72. The Kier molecular flexibility index (Phi) is 4.92. The highest BCUT2D eigenvalue weighted by molar-refractivity contribution is 5.95. The number of nitrogens with zero attached hydrogens (tertiary/aromatic N) is 1. The van der Waals surface area contributed by atoms with Gasteiger partial charge in [0.05, 0.1) is 6.61 Å². The number of amides is 1. The maximum atomic E-state index is 13.0. The highest BCUT2D eigenvalue weighted by Gasteiger charge is 2.37. The summed E-state index contributed by atoms with van der Waals surface area (Å²) >= 11 is 0. The molecule has 0 bridgehead atoms. The Balaban J connectivity index is 1.46. The number of hydrogen-bond acceptors (Lipinski definition) is 3. The van der Waals surface area contributed by atoms with Gasteiger partial charge in [0.25, 0.3) is 0 Å². The molecule has 0 aromatic heterocycles. The van der Waals surface area contributed by atoms with Crippen molar-refractivity contribution >= 4 is 11.6 Å². The van der Waals surface area contributed by atoms with Gasteiger partial charge in [-0.2, -0.15) is 0 Å². The van der Waals surface area contributed by atoms with Crippen molar-refractivity contribution in [1.82, 2.24) is 0 Å². The number of anilines is 1. The average molecular weight is 360 g/mol. The lowest BCUT2D eigenvalue weighted by atomic mass is 9.88. The number of carbonyl (C=O) groups excluding carboxylic acids is 1. The monoisotopic (exact) mass is 360 g/mol. The van der Waals surface area contributed by atoms with Crippen molar-refractivity contribution in [3.63, 3.8) is 0 Å². The lowest BCUT2D eigenvalue weighted by molar-refractivity contribution is -0.122. The molecule has 4 heteroatoms. The Bertz CT molecular complexity index is 875. The molecule has 2 atom stereocenters. The molecule has 1 aliphatic heterocycles. The molecule has 0 saturated carbocycles. The van der Waals surface area contributed by atoms with E-state index in [1.165, 1.54) is 5.56 Å². The number of rotatable bonds is 5. The Morgan fingerprint density at radius 3 is 2.74 bits per heavy atom. The maximum absolute atomic E-state index is 13.0. The summed E-state index contributed by atoms with van der Waals surface area (Å²) in [6, 6.07) is 18.0. The van der Waals surface area contributed by atoms with Crippen molar-refractivity contribution in [2.75, 3.05) is 11.4 Å². The third-order valence-electron chi connectivity index (χ3n) is 5.31. The number of para-hydroxylation sites is 1. The molecule has 2 N–H and O–H groups in total. The minimum Gasteiger partial charge on any atom is -0.352 e. The van der Waals surface area contributed by atoms with E-state index in [9.17, 15) is 4.79 Å². The molecule has 4 rings (SSSR count). The Morgan fingerprint density at radius 1 is 1.11 bits per heavy atom. The molecular formula is C23H24N2O2. The minimum atomic E-state index is -0.987. The zero-order valence-electron chi connectivity index (χ0n) is 15.3. The fourth-order valence-corrected chi connectivity index (χ4v) is 3.74. The van der Waals surface area contributed by atoms with Crippen LogP contribution in [0.1, 0.15) is 17.5 Å². The normalized spacial score (nSPS) is 23.4. The van der Waals surface area contributed by atoms with Gasteiger partial charge in [-0.25, -0.2) is 0 Å². The summed E-state index contributed by atoms with van der Waals surface area (Å²) in [5, 5.41) is 0. The number of nitrogens with two attached hydrogens (primary N) is 1. The van der Waals surface area contributed by atoms with E-state index < -0.39 is 5.72 Å². The second-order valence-corrected chi connectivity index (χ2v) is 7.11. The number of benzene rings is 2. The molecule has 1 heterocycles. The van der Waals surface area contributed by atoms with Crippen molar-refractivity contribution in [2.24, 2.45) is 11.7 Å². The predicted molar refractivity (Wildman–Crippen MR) is 107 cm³/mol. The molecule has 2 aromatic carbocycles. The number of fused-ring (bicyclic) bond motifs is 1. The highest BCUT2D eigenvalue weighted by Crippen LogP contribution is 2.32. The summed E-state index contributed by atoms with van der Waals surface area (Å²) in [6.07, 6.45) is 8.88. The van der Waals surface area contributed by atoms with Gasteiger partial charge in [0.15, 0.2) is 0 Å². The molecule has 2 aromatic rings. The molecule has 1 amide bonds. The smallest absolute Gasteiger partial charge is 0.227 e. The fourth-order valence-electron chi connectivity index (χ4n) is 3.74. The summed E-state index contributed by atoms with van der Waals surface area (Å²) < 4.78 is 6.07. The van der Waals surface area contributed by atoms with Crippen LogP contribution in [0.15, 0.2) is 78.9 Å².